The maximum Gasteiger partial charge on any atom is 0.311 e. The molecule has 0 saturated heterocycles. The van der Waals surface area contributed by atoms with Gasteiger partial charge in [-0.1, -0.05) is 72.6 Å². The van der Waals surface area contributed by atoms with Gasteiger partial charge in [0.15, 0.2) is 0 Å². The van der Waals surface area contributed by atoms with Gasteiger partial charge in [0.2, 0.25) is 0 Å². The van der Waals surface area contributed by atoms with E-state index in [2.05, 4.69) is 34.6 Å². The van der Waals surface area contributed by atoms with Crippen LogP contribution in [0.1, 0.15) is 134 Å². The zero-order chi connectivity index (χ0) is 34.8. The predicted octanol–water partition coefficient (Wildman–Crippen LogP) is 8.39. The lowest BCUT2D eigenvalue weighted by Crippen LogP contribution is -2.37. The van der Waals surface area contributed by atoms with Gasteiger partial charge in [-0.15, -0.1) is 0 Å². The first-order valence-electron chi connectivity index (χ1n) is 18.3. The molecular formula is C39H66O8. The molecule has 1 heterocycles. The summed E-state index contributed by atoms with van der Waals surface area (Å²) < 4.78 is 28.1. The summed E-state index contributed by atoms with van der Waals surface area (Å²) in [5.41, 5.74) is 3.77. The van der Waals surface area contributed by atoms with Crippen molar-refractivity contribution in [2.75, 3.05) is 39.6 Å². The fourth-order valence-corrected chi connectivity index (χ4v) is 6.46. The highest BCUT2D eigenvalue weighted by atomic mass is 16.6. The summed E-state index contributed by atoms with van der Waals surface area (Å²) in [6.45, 7) is 19.0. The summed E-state index contributed by atoms with van der Waals surface area (Å²) in [7, 11) is 0. The minimum atomic E-state index is -0.471. The van der Waals surface area contributed by atoms with Crippen LogP contribution >= 0.6 is 0 Å². The van der Waals surface area contributed by atoms with Crippen LogP contribution < -0.4 is 9.47 Å². The van der Waals surface area contributed by atoms with Crippen LogP contribution in [0.25, 0.3) is 0 Å². The fourth-order valence-electron chi connectivity index (χ4n) is 6.46. The third-order valence-corrected chi connectivity index (χ3v) is 9.69. The Bertz CT molecular complexity index is 1080. The molecule has 0 radical (unpaired) electrons. The molecule has 1 aliphatic rings. The minimum absolute atomic E-state index is 0.0303. The van der Waals surface area contributed by atoms with Gasteiger partial charge >= 0.3 is 11.9 Å². The zero-order valence-corrected chi connectivity index (χ0v) is 31.0. The summed E-state index contributed by atoms with van der Waals surface area (Å²) in [5.74, 6) is 2.98. The van der Waals surface area contributed by atoms with Gasteiger partial charge in [0.05, 0.1) is 45.9 Å². The molecule has 0 saturated carbocycles. The van der Waals surface area contributed by atoms with E-state index >= 15 is 0 Å². The molecule has 3 atom stereocenters. The standard InChI is InChI=1S/C39H66O8/c1-28(2)12-9-13-29(3)14-10-15-30(4)16-11-20-39(8)21-19-34-33(7)37(31(5)32(6)38(34)47-39)46-36(42)18-17-35(41)45-27-26-44-25-24-43-23-22-40/h28-30,40H,9-27H2,1-8H3/t29-,30-,39-/m0/s1. The van der Waals surface area contributed by atoms with E-state index in [0.29, 0.717) is 19.0 Å². The van der Waals surface area contributed by atoms with E-state index in [4.69, 9.17) is 28.8 Å². The first kappa shape index (κ1) is 41.0. The maximum absolute atomic E-state index is 12.7. The second kappa shape index (κ2) is 21.7. The summed E-state index contributed by atoms with van der Waals surface area (Å²) in [6, 6.07) is 0. The summed E-state index contributed by atoms with van der Waals surface area (Å²) in [6.07, 6.45) is 13.2. The molecule has 47 heavy (non-hydrogen) atoms. The van der Waals surface area contributed by atoms with Gasteiger partial charge in [-0.05, 0) is 87.8 Å². The van der Waals surface area contributed by atoms with Crippen LogP contribution in [-0.4, -0.2) is 62.3 Å². The average molecular weight is 663 g/mol. The van der Waals surface area contributed by atoms with E-state index in [1.807, 2.05) is 20.8 Å². The molecule has 0 unspecified atom stereocenters. The van der Waals surface area contributed by atoms with Gasteiger partial charge in [0.1, 0.15) is 23.7 Å². The number of hydrogen-bond donors (Lipinski definition) is 1. The van der Waals surface area contributed by atoms with E-state index in [9.17, 15) is 9.59 Å². The molecule has 0 spiro atoms. The van der Waals surface area contributed by atoms with Crippen LogP contribution in [0.5, 0.6) is 11.5 Å². The molecule has 1 aliphatic heterocycles. The number of hydrogen-bond acceptors (Lipinski definition) is 8. The number of benzene rings is 1. The lowest BCUT2D eigenvalue weighted by atomic mass is 9.83. The van der Waals surface area contributed by atoms with Gasteiger partial charge in [0, 0.05) is 5.56 Å². The average Bonchev–Trinajstić information content (AvgIpc) is 3.02. The Labute approximate surface area is 285 Å². The van der Waals surface area contributed by atoms with E-state index in [1.54, 1.807) is 0 Å². The summed E-state index contributed by atoms with van der Waals surface area (Å²) in [5, 5.41) is 8.67. The van der Waals surface area contributed by atoms with Crippen molar-refractivity contribution >= 4 is 11.9 Å². The van der Waals surface area contributed by atoms with Crippen LogP contribution in [-0.2, 0) is 30.2 Å². The van der Waals surface area contributed by atoms with E-state index in [-0.39, 0.29) is 44.9 Å². The third-order valence-electron chi connectivity index (χ3n) is 9.69. The van der Waals surface area contributed by atoms with Crippen LogP contribution in [0.4, 0.5) is 0 Å². The topological polar surface area (TPSA) is 101 Å². The number of aliphatic hydroxyl groups is 1. The molecule has 0 fully saturated rings. The lowest BCUT2D eigenvalue weighted by molar-refractivity contribution is -0.148. The largest absolute Gasteiger partial charge is 0.487 e. The molecule has 8 heteroatoms. The number of aliphatic hydroxyl groups excluding tert-OH is 1. The highest BCUT2D eigenvalue weighted by Crippen LogP contribution is 2.45. The predicted molar refractivity (Wildman–Crippen MR) is 187 cm³/mol. The summed E-state index contributed by atoms with van der Waals surface area (Å²) >= 11 is 0. The molecule has 0 bridgehead atoms. The van der Waals surface area contributed by atoms with Gasteiger partial charge in [0.25, 0.3) is 0 Å². The van der Waals surface area contributed by atoms with Crippen molar-refractivity contribution in [3.8, 4) is 11.5 Å². The number of carbonyl (C=O) groups excluding carboxylic acids is 2. The van der Waals surface area contributed by atoms with Gasteiger partial charge < -0.3 is 28.8 Å². The Hall–Kier alpha value is -2.16. The zero-order valence-electron chi connectivity index (χ0n) is 31.0. The molecule has 1 N–H and O–H groups in total. The van der Waals surface area contributed by atoms with Crippen LogP contribution in [0.2, 0.25) is 0 Å². The highest BCUT2D eigenvalue weighted by molar-refractivity contribution is 5.80. The Morgan fingerprint density at radius 3 is 1.98 bits per heavy atom. The Morgan fingerprint density at radius 2 is 1.34 bits per heavy atom. The first-order valence-corrected chi connectivity index (χ1v) is 18.3. The normalized spacial score (nSPS) is 17.2. The van der Waals surface area contributed by atoms with Crippen molar-refractivity contribution in [3.05, 3.63) is 22.3 Å². The smallest absolute Gasteiger partial charge is 0.311 e. The van der Waals surface area contributed by atoms with Gasteiger partial charge in [-0.25, -0.2) is 0 Å². The maximum atomic E-state index is 12.7. The molecule has 0 aliphatic carbocycles. The van der Waals surface area contributed by atoms with Crippen LogP contribution in [0.3, 0.4) is 0 Å². The van der Waals surface area contributed by atoms with E-state index in [0.717, 1.165) is 65.0 Å². The van der Waals surface area contributed by atoms with Crippen molar-refractivity contribution in [2.24, 2.45) is 17.8 Å². The van der Waals surface area contributed by atoms with Crippen molar-refractivity contribution in [1.82, 2.24) is 0 Å². The van der Waals surface area contributed by atoms with Gasteiger partial charge in [-0.2, -0.15) is 0 Å². The fraction of sp³-hybridized carbons (Fsp3) is 0.795. The monoisotopic (exact) mass is 662 g/mol. The first-order chi connectivity index (χ1) is 22.4. The van der Waals surface area contributed by atoms with Crippen LogP contribution in [0, 0.1) is 38.5 Å². The van der Waals surface area contributed by atoms with Gasteiger partial charge in [-0.3, -0.25) is 9.59 Å². The Morgan fingerprint density at radius 1 is 0.766 bits per heavy atom. The van der Waals surface area contributed by atoms with Crippen molar-refractivity contribution < 1.29 is 38.4 Å². The minimum Gasteiger partial charge on any atom is -0.487 e. The number of carbonyl (C=O) groups is 2. The SMILES string of the molecule is Cc1c(C)c2c(c(C)c1OC(=O)CCC(=O)OCCOCCOCCO)CC[C@](C)(CCC[C@@H](C)CCC[C@@H](C)CCCC(C)C)O2. The number of rotatable bonds is 24. The summed E-state index contributed by atoms with van der Waals surface area (Å²) in [4.78, 5) is 24.8. The highest BCUT2D eigenvalue weighted by Gasteiger charge is 2.35. The molecule has 1 aromatic carbocycles. The lowest BCUT2D eigenvalue weighted by Gasteiger charge is -2.38. The molecule has 270 valence electrons. The molecule has 2 rings (SSSR count). The van der Waals surface area contributed by atoms with E-state index < -0.39 is 11.9 Å². The van der Waals surface area contributed by atoms with Crippen molar-refractivity contribution in [2.45, 2.75) is 144 Å². The van der Waals surface area contributed by atoms with Crippen molar-refractivity contribution in [1.29, 1.82) is 0 Å². The second-order valence-corrected chi connectivity index (χ2v) is 14.6. The quantitative estimate of drug-likeness (QED) is 0.0669. The number of ether oxygens (including phenoxy) is 5. The molecular weight excluding hydrogens is 596 g/mol. The van der Waals surface area contributed by atoms with Crippen LogP contribution in [0.15, 0.2) is 0 Å². The van der Waals surface area contributed by atoms with Crippen molar-refractivity contribution in [3.63, 3.8) is 0 Å². The second-order valence-electron chi connectivity index (χ2n) is 14.6. The molecule has 0 amide bonds. The number of esters is 2. The van der Waals surface area contributed by atoms with E-state index in [1.165, 1.54) is 51.4 Å². The molecule has 0 aromatic heterocycles. The molecule has 8 nitrogen and oxygen atoms in total. The Balaban J connectivity index is 1.78. The molecule has 1 aromatic rings. The number of fused-ring (bicyclic) bond motifs is 1. The third kappa shape index (κ3) is 15.3. The Kier molecular flexibility index (Phi) is 19.0.